The Hall–Kier alpha value is -6.26. The van der Waals surface area contributed by atoms with Crippen LogP contribution in [0.4, 0.5) is 0 Å². The van der Waals surface area contributed by atoms with E-state index in [1.165, 1.54) is 43.2 Å². The number of hydrogen-bond donors (Lipinski definition) is 0. The lowest BCUT2D eigenvalue weighted by Crippen LogP contribution is -2.55. The normalized spacial score (nSPS) is 28.0. The fourth-order valence-corrected chi connectivity index (χ4v) is 14.5. The fraction of sp³-hybridized carbons (Fsp3) is 0.500. The number of carbonyl (C=O) groups excluding carboxylic acids is 1. The second-order valence-corrected chi connectivity index (χ2v) is 23.7. The number of piperidine rings is 9. The highest BCUT2D eigenvalue weighted by Crippen LogP contribution is 2.47. The van der Waals surface area contributed by atoms with E-state index in [-0.39, 0.29) is 36.9 Å². The molecule has 12 heterocycles. The van der Waals surface area contributed by atoms with Gasteiger partial charge in [0.15, 0.2) is 0 Å². The average molecular weight is 1120 g/mol. The van der Waals surface area contributed by atoms with Crippen LogP contribution in [-0.2, 0) is 23.7 Å². The van der Waals surface area contributed by atoms with Gasteiger partial charge in [-0.15, -0.1) is 19.7 Å². The lowest BCUT2D eigenvalue weighted by molar-refractivity contribution is -0.156. The van der Waals surface area contributed by atoms with Gasteiger partial charge in [0.1, 0.15) is 23.9 Å². The summed E-state index contributed by atoms with van der Waals surface area (Å²) in [5.74, 6) is 6.28. The molecular formula is C68H86N6O8. The van der Waals surface area contributed by atoms with Gasteiger partial charge < -0.3 is 33.2 Å². The first-order chi connectivity index (χ1) is 40.0. The van der Waals surface area contributed by atoms with Crippen molar-refractivity contribution in [1.82, 2.24) is 29.7 Å². The summed E-state index contributed by atoms with van der Waals surface area (Å²) in [6.45, 7) is 23.0. The molecule has 9 fully saturated rings. The minimum absolute atomic E-state index is 0.0474. The highest BCUT2D eigenvalue weighted by atomic mass is 16.6. The van der Waals surface area contributed by atoms with Crippen molar-refractivity contribution < 1.29 is 38.0 Å². The third-order valence-electron chi connectivity index (χ3n) is 18.8. The van der Waals surface area contributed by atoms with E-state index in [9.17, 15) is 4.79 Å². The molecule has 0 N–H and O–H groups in total. The Kier molecular flexibility index (Phi) is 19.4. The van der Waals surface area contributed by atoms with E-state index in [2.05, 4.69) is 91.9 Å². The van der Waals surface area contributed by atoms with Crippen LogP contribution in [0.2, 0.25) is 0 Å². The molecule has 436 valence electrons. The summed E-state index contributed by atoms with van der Waals surface area (Å²) in [5, 5.41) is 3.24. The van der Waals surface area contributed by atoms with Gasteiger partial charge in [-0.25, -0.2) is 4.79 Å². The topological polar surface area (TPSA) is 130 Å². The standard InChI is InChI=1S/C26H34N2O4.2C21H26N2O2/c1-5-18-14-28-11-9-19(18)12-24(28)26(32-16-25(29)31-15-17(2)3)21-8-10-27-23-7-6-20(30-4)13-22(21)23;2*1-4-14-13-23-10-8-15(14)11-20(23)21(25-3)17-7-9-22-19-6-5-16(24-2)12-18(17)19/h5-8,10,13,17-19,24,26H,1,9,11-12,14-16H2,2-4H3;2*4-7,9,12,14-15,20-21H,1,8,10-11,13H2,2-3H3/t18?,19?,24?,26-;2*14?,15?,20?,21-/m111/s1. The van der Waals surface area contributed by atoms with Gasteiger partial charge in [0.25, 0.3) is 0 Å². The van der Waals surface area contributed by atoms with E-state index in [4.69, 9.17) is 33.2 Å². The van der Waals surface area contributed by atoms with Crippen molar-refractivity contribution >= 4 is 38.7 Å². The minimum Gasteiger partial charge on any atom is -0.497 e. The molecule has 0 radical (unpaired) electrons. The zero-order valence-corrected chi connectivity index (χ0v) is 49.4. The molecule has 0 aliphatic carbocycles. The van der Waals surface area contributed by atoms with Gasteiger partial charge >= 0.3 is 5.97 Å². The first-order valence-corrected chi connectivity index (χ1v) is 29.7. The van der Waals surface area contributed by atoms with Crippen molar-refractivity contribution in [2.75, 3.05) is 88.0 Å². The molecule has 14 nitrogen and oxygen atoms in total. The van der Waals surface area contributed by atoms with Crippen LogP contribution in [-0.4, -0.2) is 142 Å². The maximum absolute atomic E-state index is 12.4. The molecule has 6 aromatic rings. The summed E-state index contributed by atoms with van der Waals surface area (Å²) in [7, 11) is 8.71. The third-order valence-corrected chi connectivity index (χ3v) is 18.8. The van der Waals surface area contributed by atoms with Crippen molar-refractivity contribution in [2.45, 2.75) is 88.8 Å². The third kappa shape index (κ3) is 12.6. The molecule has 14 heteroatoms. The van der Waals surface area contributed by atoms with Gasteiger partial charge in [0, 0.05) is 86.7 Å². The Morgan fingerprint density at radius 3 is 1.20 bits per heavy atom. The number of hydrogen-bond acceptors (Lipinski definition) is 14. The molecule has 3 aromatic carbocycles. The number of pyridine rings is 3. The molecule has 9 aliphatic heterocycles. The fourth-order valence-electron chi connectivity index (χ4n) is 14.5. The Morgan fingerprint density at radius 2 is 0.890 bits per heavy atom. The SMILES string of the molecule is C=CC1CN2CCC1CC2[C@H](OC)c1ccnc2ccc(OC)cc12.C=CC1CN2CCC1CC2[C@H](OC)c1ccnc2ccc(OC)cc12.C=CC1CN2CCC1CC2[C@H](OCC(=O)OCC(C)C)c1ccnc2ccc(OC)cc12. The summed E-state index contributed by atoms with van der Waals surface area (Å²) in [5.41, 5.74) is 6.32. The number of ether oxygens (including phenoxy) is 7. The van der Waals surface area contributed by atoms with Crippen molar-refractivity contribution in [2.24, 2.45) is 41.4 Å². The summed E-state index contributed by atoms with van der Waals surface area (Å²) >= 11 is 0. The van der Waals surface area contributed by atoms with E-state index in [1.54, 1.807) is 21.3 Å². The molecule has 15 rings (SSSR count). The van der Waals surface area contributed by atoms with Crippen LogP contribution in [0.25, 0.3) is 32.7 Å². The van der Waals surface area contributed by atoms with Crippen LogP contribution in [0, 0.1) is 41.4 Å². The molecule has 82 heavy (non-hydrogen) atoms. The minimum atomic E-state index is -0.320. The van der Waals surface area contributed by atoms with Crippen molar-refractivity contribution in [3.63, 3.8) is 0 Å². The van der Waals surface area contributed by atoms with E-state index in [0.717, 1.165) is 113 Å². The summed E-state index contributed by atoms with van der Waals surface area (Å²) in [6, 6.07) is 25.2. The molecule has 0 spiro atoms. The van der Waals surface area contributed by atoms with E-state index in [1.807, 2.05) is 95.2 Å². The van der Waals surface area contributed by atoms with Crippen LogP contribution in [0.5, 0.6) is 17.2 Å². The Morgan fingerprint density at radius 1 is 0.537 bits per heavy atom. The number of fused-ring (bicyclic) bond motifs is 12. The Bertz CT molecular complexity index is 3040. The second kappa shape index (κ2) is 27.0. The molecule has 3 aromatic heterocycles. The Balaban J connectivity index is 0.000000139. The lowest BCUT2D eigenvalue weighted by atomic mass is 9.73. The van der Waals surface area contributed by atoms with Crippen LogP contribution >= 0.6 is 0 Å². The molecule has 0 saturated carbocycles. The first kappa shape index (κ1) is 58.9. The molecule has 9 aliphatic rings. The molecule has 9 saturated heterocycles. The number of benzene rings is 3. The molecule has 0 amide bonds. The summed E-state index contributed by atoms with van der Waals surface area (Å²) in [4.78, 5) is 33.6. The van der Waals surface area contributed by atoms with Gasteiger partial charge in [-0.1, -0.05) is 32.1 Å². The van der Waals surface area contributed by atoms with Crippen LogP contribution < -0.4 is 14.2 Å². The predicted molar refractivity (Wildman–Crippen MR) is 324 cm³/mol. The highest BCUT2D eigenvalue weighted by molar-refractivity contribution is 5.86. The zero-order chi connectivity index (χ0) is 57.4. The number of esters is 1. The molecule has 6 bridgehead atoms. The second-order valence-electron chi connectivity index (χ2n) is 23.7. The maximum atomic E-state index is 12.4. The van der Waals surface area contributed by atoms with Gasteiger partial charge in [0.2, 0.25) is 0 Å². The monoisotopic (exact) mass is 1110 g/mol. The quantitative estimate of drug-likeness (QED) is 0.0563. The van der Waals surface area contributed by atoms with Gasteiger partial charge in [-0.3, -0.25) is 29.7 Å². The predicted octanol–water partition coefficient (Wildman–Crippen LogP) is 12.1. The smallest absolute Gasteiger partial charge is 0.332 e. The largest absolute Gasteiger partial charge is 0.497 e. The van der Waals surface area contributed by atoms with Crippen LogP contribution in [0.15, 0.2) is 129 Å². The van der Waals surface area contributed by atoms with Crippen molar-refractivity contribution in [1.29, 1.82) is 0 Å². The van der Waals surface area contributed by atoms with E-state index in [0.29, 0.717) is 48.3 Å². The molecule has 15 atom stereocenters. The maximum Gasteiger partial charge on any atom is 0.332 e. The first-order valence-electron chi connectivity index (χ1n) is 29.7. The summed E-state index contributed by atoms with van der Waals surface area (Å²) in [6.07, 6.45) is 18.9. The van der Waals surface area contributed by atoms with Gasteiger partial charge in [-0.2, -0.15) is 0 Å². The zero-order valence-electron chi connectivity index (χ0n) is 49.4. The number of nitrogens with zero attached hydrogens (tertiary/aromatic N) is 6. The van der Waals surface area contributed by atoms with Crippen molar-refractivity contribution in [3.05, 3.63) is 146 Å². The van der Waals surface area contributed by atoms with Crippen LogP contribution in [0.3, 0.4) is 0 Å². The van der Waals surface area contributed by atoms with E-state index < -0.39 is 0 Å². The Labute approximate surface area is 485 Å². The van der Waals surface area contributed by atoms with Gasteiger partial charge in [0.05, 0.1) is 62.8 Å². The lowest BCUT2D eigenvalue weighted by Gasteiger charge is -2.51. The number of carbonyl (C=O) groups is 1. The number of methoxy groups -OCH3 is 5. The molecule has 12 unspecified atom stereocenters. The summed E-state index contributed by atoms with van der Waals surface area (Å²) < 4.78 is 40.1. The van der Waals surface area contributed by atoms with Crippen molar-refractivity contribution in [3.8, 4) is 17.2 Å². The average Bonchev–Trinajstić information content (AvgIpc) is 3.70. The number of aromatic nitrogens is 3. The number of rotatable bonds is 19. The van der Waals surface area contributed by atoms with Crippen LogP contribution in [0.1, 0.15) is 87.4 Å². The van der Waals surface area contributed by atoms with Gasteiger partial charge in [-0.05, 0) is 189 Å². The molecular weight excluding hydrogens is 1030 g/mol. The van der Waals surface area contributed by atoms with E-state index >= 15 is 0 Å². The highest BCUT2D eigenvalue weighted by Gasteiger charge is 2.46.